The van der Waals surface area contributed by atoms with E-state index in [4.69, 9.17) is 4.74 Å². The maximum Gasteiger partial charge on any atom is 0.407 e. The highest BCUT2D eigenvalue weighted by Crippen LogP contribution is 2.61. The summed E-state index contributed by atoms with van der Waals surface area (Å²) < 4.78 is 4.80. The van der Waals surface area contributed by atoms with Gasteiger partial charge in [0.2, 0.25) is 0 Å². The molecule has 0 radical (unpaired) electrons. The van der Waals surface area contributed by atoms with Crippen LogP contribution in [0.4, 0.5) is 4.79 Å². The second kappa shape index (κ2) is 4.43. The maximum atomic E-state index is 11.5. The number of hydrogen-bond donors (Lipinski definition) is 1. The molecule has 102 valence electrons. The van der Waals surface area contributed by atoms with E-state index in [2.05, 4.69) is 12.2 Å². The normalized spacial score (nSPS) is 42.7. The van der Waals surface area contributed by atoms with Crippen LogP contribution in [-0.4, -0.2) is 19.2 Å². The highest BCUT2D eigenvalue weighted by Gasteiger charge is 2.54. The maximum absolute atomic E-state index is 11.5. The van der Waals surface area contributed by atoms with Crippen LogP contribution in [0.5, 0.6) is 0 Å². The van der Waals surface area contributed by atoms with Crippen LogP contribution in [0.1, 0.15) is 51.9 Å². The predicted octanol–water partition coefficient (Wildman–Crippen LogP) is 3.34. The molecule has 4 bridgehead atoms. The Morgan fingerprint density at radius 1 is 1.22 bits per heavy atom. The summed E-state index contributed by atoms with van der Waals surface area (Å²) in [6.07, 6.45) is 9.14. The van der Waals surface area contributed by atoms with Crippen LogP contribution >= 0.6 is 0 Å². The van der Waals surface area contributed by atoms with Gasteiger partial charge in [-0.1, -0.05) is 6.92 Å². The van der Waals surface area contributed by atoms with Gasteiger partial charge >= 0.3 is 6.09 Å². The van der Waals surface area contributed by atoms with Crippen molar-refractivity contribution in [2.75, 3.05) is 7.11 Å². The van der Waals surface area contributed by atoms with Crippen LogP contribution in [0.2, 0.25) is 0 Å². The summed E-state index contributed by atoms with van der Waals surface area (Å²) in [6.45, 7) is 2.19. The van der Waals surface area contributed by atoms with Crippen LogP contribution in [0.15, 0.2) is 0 Å². The van der Waals surface area contributed by atoms with Crippen molar-refractivity contribution >= 4 is 6.09 Å². The molecule has 0 spiro atoms. The molecule has 4 rings (SSSR count). The summed E-state index contributed by atoms with van der Waals surface area (Å²) in [6, 6.07) is 0.318. The lowest BCUT2D eigenvalue weighted by molar-refractivity contribution is -0.0733. The van der Waals surface area contributed by atoms with Gasteiger partial charge in [-0.3, -0.25) is 0 Å². The van der Waals surface area contributed by atoms with E-state index in [1.54, 1.807) is 0 Å². The molecule has 0 aliphatic heterocycles. The largest absolute Gasteiger partial charge is 0.453 e. The third-order valence-electron chi connectivity index (χ3n) is 5.71. The number of nitrogens with one attached hydrogen (secondary N) is 1. The van der Waals surface area contributed by atoms with E-state index < -0.39 is 0 Å². The zero-order valence-corrected chi connectivity index (χ0v) is 11.6. The quantitative estimate of drug-likeness (QED) is 0.835. The average molecular weight is 251 g/mol. The molecular formula is C15H25NO2. The Bertz CT molecular complexity index is 304. The Labute approximate surface area is 110 Å². The zero-order valence-electron chi connectivity index (χ0n) is 11.6. The molecule has 3 heteroatoms. The number of amides is 1. The number of methoxy groups -OCH3 is 1. The van der Waals surface area contributed by atoms with E-state index in [0.29, 0.717) is 11.5 Å². The Balaban J connectivity index is 1.78. The Morgan fingerprint density at radius 2 is 1.72 bits per heavy atom. The molecule has 18 heavy (non-hydrogen) atoms. The van der Waals surface area contributed by atoms with Crippen LogP contribution < -0.4 is 5.32 Å². The van der Waals surface area contributed by atoms with Gasteiger partial charge in [-0.2, -0.15) is 0 Å². The van der Waals surface area contributed by atoms with Gasteiger partial charge < -0.3 is 10.1 Å². The fraction of sp³-hybridized carbons (Fsp3) is 0.933. The molecule has 4 aliphatic carbocycles. The second-order valence-corrected chi connectivity index (χ2v) is 6.88. The minimum absolute atomic E-state index is 0.252. The molecule has 0 aromatic carbocycles. The van der Waals surface area contributed by atoms with E-state index in [0.717, 1.165) is 24.2 Å². The van der Waals surface area contributed by atoms with Crippen molar-refractivity contribution in [3.63, 3.8) is 0 Å². The molecule has 4 fully saturated rings. The number of hydrogen-bond acceptors (Lipinski definition) is 2. The van der Waals surface area contributed by atoms with Gasteiger partial charge in [-0.05, 0) is 68.1 Å². The van der Waals surface area contributed by atoms with Gasteiger partial charge in [-0.15, -0.1) is 0 Å². The van der Waals surface area contributed by atoms with Crippen molar-refractivity contribution in [1.29, 1.82) is 0 Å². The molecule has 1 N–H and O–H groups in total. The highest BCUT2D eigenvalue weighted by molar-refractivity contribution is 5.67. The number of ether oxygens (including phenoxy) is 1. The van der Waals surface area contributed by atoms with Gasteiger partial charge in [-0.25, -0.2) is 4.79 Å². The Kier molecular flexibility index (Phi) is 3.03. The van der Waals surface area contributed by atoms with E-state index in [1.165, 1.54) is 45.6 Å². The van der Waals surface area contributed by atoms with Gasteiger partial charge in [0, 0.05) is 6.04 Å². The van der Waals surface area contributed by atoms with Crippen molar-refractivity contribution in [3.8, 4) is 0 Å². The molecule has 1 amide bonds. The lowest BCUT2D eigenvalue weighted by atomic mass is 9.47. The van der Waals surface area contributed by atoms with Crippen molar-refractivity contribution < 1.29 is 9.53 Å². The molecule has 0 heterocycles. The molecule has 4 aliphatic rings. The number of carbonyl (C=O) groups is 1. The van der Waals surface area contributed by atoms with E-state index >= 15 is 0 Å². The predicted molar refractivity (Wildman–Crippen MR) is 70.2 cm³/mol. The van der Waals surface area contributed by atoms with Crippen molar-refractivity contribution in [1.82, 2.24) is 5.32 Å². The summed E-state index contributed by atoms with van der Waals surface area (Å²) in [5, 5.41) is 3.11. The first-order valence-corrected chi connectivity index (χ1v) is 7.49. The first-order chi connectivity index (χ1) is 8.65. The topological polar surface area (TPSA) is 38.3 Å². The molecular weight excluding hydrogens is 226 g/mol. The second-order valence-electron chi connectivity index (χ2n) is 6.88. The van der Waals surface area contributed by atoms with Crippen molar-refractivity contribution in [3.05, 3.63) is 0 Å². The Morgan fingerprint density at radius 3 is 2.11 bits per heavy atom. The minimum Gasteiger partial charge on any atom is -0.453 e. The van der Waals surface area contributed by atoms with Crippen LogP contribution in [0.25, 0.3) is 0 Å². The molecule has 3 nitrogen and oxygen atoms in total. The molecule has 0 unspecified atom stereocenters. The summed E-state index contributed by atoms with van der Waals surface area (Å²) in [7, 11) is 1.46. The number of carbonyl (C=O) groups excluding carboxylic acids is 1. The Hall–Kier alpha value is -0.730. The summed E-state index contributed by atoms with van der Waals surface area (Å²) in [5.41, 5.74) is 0.387. The van der Waals surface area contributed by atoms with Crippen LogP contribution in [-0.2, 0) is 4.74 Å². The molecule has 1 atom stereocenters. The SMILES string of the molecule is CC[C@@H](NC(=O)OC)C12CC3CC(CC(C3)C1)C2. The zero-order chi connectivity index (χ0) is 12.8. The summed E-state index contributed by atoms with van der Waals surface area (Å²) in [5.74, 6) is 2.80. The van der Waals surface area contributed by atoms with Crippen LogP contribution in [0.3, 0.4) is 0 Å². The van der Waals surface area contributed by atoms with E-state index in [1.807, 2.05) is 0 Å². The third-order valence-corrected chi connectivity index (χ3v) is 5.71. The molecule has 0 saturated heterocycles. The van der Waals surface area contributed by atoms with Crippen molar-refractivity contribution in [2.24, 2.45) is 23.2 Å². The fourth-order valence-corrected chi connectivity index (χ4v) is 5.49. The third kappa shape index (κ3) is 1.92. The lowest BCUT2D eigenvalue weighted by Crippen LogP contribution is -2.56. The highest BCUT2D eigenvalue weighted by atomic mass is 16.5. The standard InChI is InChI=1S/C15H25NO2/c1-3-13(16-14(17)18-2)15-7-10-4-11(8-15)6-12(5-10)9-15/h10-13H,3-9H2,1-2H3,(H,16,17)/t10?,11?,12?,13-,15?/m1/s1. The summed E-state index contributed by atoms with van der Waals surface area (Å²) >= 11 is 0. The van der Waals surface area contributed by atoms with Gasteiger partial charge in [0.05, 0.1) is 7.11 Å². The monoisotopic (exact) mass is 251 g/mol. The summed E-state index contributed by atoms with van der Waals surface area (Å²) in [4.78, 5) is 11.5. The molecule has 0 aromatic rings. The van der Waals surface area contributed by atoms with Gasteiger partial charge in [0.25, 0.3) is 0 Å². The van der Waals surface area contributed by atoms with E-state index in [9.17, 15) is 4.79 Å². The minimum atomic E-state index is -0.252. The average Bonchev–Trinajstić information content (AvgIpc) is 2.33. The van der Waals surface area contributed by atoms with Gasteiger partial charge in [0.15, 0.2) is 0 Å². The molecule has 4 saturated carbocycles. The van der Waals surface area contributed by atoms with E-state index in [-0.39, 0.29) is 6.09 Å². The number of rotatable bonds is 3. The van der Waals surface area contributed by atoms with Gasteiger partial charge in [0.1, 0.15) is 0 Å². The molecule has 0 aromatic heterocycles. The first kappa shape index (κ1) is 12.3. The first-order valence-electron chi connectivity index (χ1n) is 7.49. The smallest absolute Gasteiger partial charge is 0.407 e. The van der Waals surface area contributed by atoms with Crippen LogP contribution in [0, 0.1) is 23.2 Å². The number of alkyl carbamates (subject to hydrolysis) is 1. The lowest BCUT2D eigenvalue weighted by Gasteiger charge is -2.59. The van der Waals surface area contributed by atoms with Crippen molar-refractivity contribution in [2.45, 2.75) is 57.9 Å². The fourth-order valence-electron chi connectivity index (χ4n) is 5.49.